The molecule has 1 aromatic heterocycles. The van der Waals surface area contributed by atoms with Crippen molar-refractivity contribution in [2.45, 2.75) is 25.2 Å². The molecular formula is C8H16N4O2S. The molecule has 1 rings (SSSR count). The van der Waals surface area contributed by atoms with E-state index in [9.17, 15) is 8.42 Å². The zero-order chi connectivity index (χ0) is 11.6. The van der Waals surface area contributed by atoms with Gasteiger partial charge in [0.05, 0.1) is 5.69 Å². The lowest BCUT2D eigenvalue weighted by molar-refractivity contribution is 0.580. The van der Waals surface area contributed by atoms with Crippen LogP contribution in [0.4, 0.5) is 5.82 Å². The van der Waals surface area contributed by atoms with E-state index < -0.39 is 10.0 Å². The smallest absolute Gasteiger partial charge is 0.246 e. The summed E-state index contributed by atoms with van der Waals surface area (Å²) in [6.07, 6.45) is 0.735. The Morgan fingerprint density at radius 1 is 1.53 bits per heavy atom. The fourth-order valence-corrected chi connectivity index (χ4v) is 2.71. The van der Waals surface area contributed by atoms with Gasteiger partial charge in [0.15, 0.2) is 5.82 Å². The highest BCUT2D eigenvalue weighted by molar-refractivity contribution is 7.89. The maximum atomic E-state index is 11.8. The molecule has 86 valence electrons. The average molecular weight is 232 g/mol. The molecule has 1 heterocycles. The summed E-state index contributed by atoms with van der Waals surface area (Å²) >= 11 is 0. The van der Waals surface area contributed by atoms with Crippen molar-refractivity contribution in [3.63, 3.8) is 0 Å². The van der Waals surface area contributed by atoms with Crippen molar-refractivity contribution >= 4 is 15.8 Å². The molecule has 7 heteroatoms. The highest BCUT2D eigenvalue weighted by atomic mass is 32.2. The molecular weight excluding hydrogens is 216 g/mol. The first kappa shape index (κ1) is 12.0. The van der Waals surface area contributed by atoms with E-state index in [0.29, 0.717) is 12.2 Å². The standard InChI is InChI=1S/C8H16N4O2S/c1-4-5-10-15(13,14)7-6(2)12(3)11-8(7)9/h10H,4-5H2,1-3H3,(H2,9,11). The predicted octanol–water partition coefficient (Wildman–Crippen LogP) is -0.000980. The Kier molecular flexibility index (Phi) is 3.35. The molecule has 3 N–H and O–H groups in total. The molecule has 0 aliphatic heterocycles. The van der Waals surface area contributed by atoms with Crippen molar-refractivity contribution in [1.29, 1.82) is 0 Å². The molecule has 0 aliphatic rings. The largest absolute Gasteiger partial charge is 0.381 e. The first-order chi connectivity index (χ1) is 6.90. The third-order valence-electron chi connectivity index (χ3n) is 2.12. The SMILES string of the molecule is CCCNS(=O)(=O)c1c(N)nn(C)c1C. The lowest BCUT2D eigenvalue weighted by Gasteiger charge is -2.05. The second-order valence-corrected chi connectivity index (χ2v) is 5.02. The number of nitrogen functional groups attached to an aromatic ring is 1. The van der Waals surface area contributed by atoms with Crippen molar-refractivity contribution in [1.82, 2.24) is 14.5 Å². The quantitative estimate of drug-likeness (QED) is 0.764. The fourth-order valence-electron chi connectivity index (χ4n) is 1.26. The number of nitrogens with zero attached hydrogens (tertiary/aromatic N) is 2. The number of aryl methyl sites for hydroxylation is 1. The number of nitrogens with one attached hydrogen (secondary N) is 1. The van der Waals surface area contributed by atoms with Gasteiger partial charge in [-0.2, -0.15) is 5.10 Å². The van der Waals surface area contributed by atoms with Crippen LogP contribution in [0.1, 0.15) is 19.0 Å². The van der Waals surface area contributed by atoms with Crippen LogP contribution in [0.5, 0.6) is 0 Å². The molecule has 0 radical (unpaired) electrons. The van der Waals surface area contributed by atoms with E-state index in [4.69, 9.17) is 5.73 Å². The van der Waals surface area contributed by atoms with Crippen LogP contribution >= 0.6 is 0 Å². The molecule has 0 amide bonds. The number of hydrogen-bond acceptors (Lipinski definition) is 4. The molecule has 0 unspecified atom stereocenters. The fraction of sp³-hybridized carbons (Fsp3) is 0.625. The van der Waals surface area contributed by atoms with Gasteiger partial charge in [-0.05, 0) is 13.3 Å². The summed E-state index contributed by atoms with van der Waals surface area (Å²) in [5.41, 5.74) is 6.09. The summed E-state index contributed by atoms with van der Waals surface area (Å²) in [7, 11) is -1.86. The minimum Gasteiger partial charge on any atom is -0.381 e. The molecule has 0 aromatic carbocycles. The lowest BCUT2D eigenvalue weighted by atomic mass is 10.5. The van der Waals surface area contributed by atoms with Crippen LogP contribution in [0.25, 0.3) is 0 Å². The van der Waals surface area contributed by atoms with E-state index in [1.807, 2.05) is 6.92 Å². The maximum absolute atomic E-state index is 11.8. The zero-order valence-corrected chi connectivity index (χ0v) is 9.93. The second kappa shape index (κ2) is 4.19. The monoisotopic (exact) mass is 232 g/mol. The number of nitrogens with two attached hydrogens (primary N) is 1. The van der Waals surface area contributed by atoms with Gasteiger partial charge in [-0.3, -0.25) is 4.68 Å². The second-order valence-electron chi connectivity index (χ2n) is 3.32. The molecule has 0 saturated heterocycles. The van der Waals surface area contributed by atoms with E-state index >= 15 is 0 Å². The van der Waals surface area contributed by atoms with Crippen LogP contribution in [-0.2, 0) is 17.1 Å². The van der Waals surface area contributed by atoms with Crippen LogP contribution in [0, 0.1) is 6.92 Å². The molecule has 0 saturated carbocycles. The van der Waals surface area contributed by atoms with Crippen molar-refractivity contribution in [2.75, 3.05) is 12.3 Å². The van der Waals surface area contributed by atoms with Crippen LogP contribution < -0.4 is 10.5 Å². The van der Waals surface area contributed by atoms with Gasteiger partial charge in [0.25, 0.3) is 0 Å². The van der Waals surface area contributed by atoms with Crippen molar-refractivity contribution in [3.05, 3.63) is 5.69 Å². The Labute approximate surface area is 89.5 Å². The lowest BCUT2D eigenvalue weighted by Crippen LogP contribution is -2.25. The summed E-state index contributed by atoms with van der Waals surface area (Å²) in [5, 5.41) is 3.86. The number of anilines is 1. The van der Waals surface area contributed by atoms with E-state index in [-0.39, 0.29) is 10.7 Å². The van der Waals surface area contributed by atoms with Crippen molar-refractivity contribution < 1.29 is 8.42 Å². The Bertz CT molecular complexity index is 449. The molecule has 15 heavy (non-hydrogen) atoms. The Hall–Kier alpha value is -1.08. The molecule has 1 aromatic rings. The average Bonchev–Trinajstić information content (AvgIpc) is 2.38. The van der Waals surface area contributed by atoms with Gasteiger partial charge in [-0.15, -0.1) is 0 Å². The van der Waals surface area contributed by atoms with Gasteiger partial charge in [-0.25, -0.2) is 13.1 Å². The van der Waals surface area contributed by atoms with Gasteiger partial charge < -0.3 is 5.73 Å². The molecule has 0 atom stereocenters. The van der Waals surface area contributed by atoms with Crippen molar-refractivity contribution in [2.24, 2.45) is 7.05 Å². The third-order valence-corrected chi connectivity index (χ3v) is 3.74. The predicted molar refractivity (Wildman–Crippen MR) is 57.8 cm³/mol. The minimum absolute atomic E-state index is 0.0404. The molecule has 0 bridgehead atoms. The number of sulfonamides is 1. The topological polar surface area (TPSA) is 90.0 Å². The Morgan fingerprint density at radius 2 is 2.13 bits per heavy atom. The van der Waals surface area contributed by atoms with Gasteiger partial charge in [-0.1, -0.05) is 6.92 Å². The number of aromatic nitrogens is 2. The molecule has 0 fully saturated rings. The van der Waals surface area contributed by atoms with Crippen LogP contribution in [0.3, 0.4) is 0 Å². The number of rotatable bonds is 4. The van der Waals surface area contributed by atoms with Crippen LogP contribution in [0.2, 0.25) is 0 Å². The minimum atomic E-state index is -3.52. The summed E-state index contributed by atoms with van der Waals surface area (Å²) in [5.74, 6) is 0.0404. The zero-order valence-electron chi connectivity index (χ0n) is 9.11. The summed E-state index contributed by atoms with van der Waals surface area (Å²) in [6.45, 7) is 3.96. The van der Waals surface area contributed by atoms with E-state index in [0.717, 1.165) is 6.42 Å². The van der Waals surface area contributed by atoms with E-state index in [1.54, 1.807) is 14.0 Å². The van der Waals surface area contributed by atoms with Gasteiger partial charge >= 0.3 is 0 Å². The normalized spacial score (nSPS) is 11.9. The molecule has 0 spiro atoms. The molecule has 6 nitrogen and oxygen atoms in total. The third kappa shape index (κ3) is 2.29. The maximum Gasteiger partial charge on any atom is 0.246 e. The highest BCUT2D eigenvalue weighted by Crippen LogP contribution is 2.20. The summed E-state index contributed by atoms with van der Waals surface area (Å²) in [4.78, 5) is 0.0819. The first-order valence-electron chi connectivity index (χ1n) is 4.69. The Morgan fingerprint density at radius 3 is 2.53 bits per heavy atom. The highest BCUT2D eigenvalue weighted by Gasteiger charge is 2.23. The summed E-state index contributed by atoms with van der Waals surface area (Å²) in [6, 6.07) is 0. The van der Waals surface area contributed by atoms with Gasteiger partial charge in [0, 0.05) is 13.6 Å². The van der Waals surface area contributed by atoms with E-state index in [2.05, 4.69) is 9.82 Å². The molecule has 0 aliphatic carbocycles. The van der Waals surface area contributed by atoms with E-state index in [1.165, 1.54) is 4.68 Å². The first-order valence-corrected chi connectivity index (χ1v) is 6.17. The summed E-state index contributed by atoms with van der Waals surface area (Å²) < 4.78 is 27.5. The van der Waals surface area contributed by atoms with Crippen LogP contribution in [0.15, 0.2) is 4.90 Å². The van der Waals surface area contributed by atoms with Crippen molar-refractivity contribution in [3.8, 4) is 0 Å². The van der Waals surface area contributed by atoms with Gasteiger partial charge in [0.2, 0.25) is 10.0 Å². The number of hydrogen-bond donors (Lipinski definition) is 2. The van der Waals surface area contributed by atoms with Crippen LogP contribution in [-0.4, -0.2) is 24.7 Å². The van der Waals surface area contributed by atoms with Gasteiger partial charge in [0.1, 0.15) is 4.90 Å². The Balaban J connectivity index is 3.15.